The highest BCUT2D eigenvalue weighted by atomic mass is 16.2. The van der Waals surface area contributed by atoms with Gasteiger partial charge in [0.25, 0.3) is 0 Å². The minimum atomic E-state index is 0.232. The molecule has 1 aromatic rings. The molecular weight excluding hydrogens is 312 g/mol. The fourth-order valence-corrected chi connectivity index (χ4v) is 4.45. The summed E-state index contributed by atoms with van der Waals surface area (Å²) in [5.74, 6) is 2.36. The van der Waals surface area contributed by atoms with Crippen molar-refractivity contribution in [2.45, 2.75) is 45.6 Å². The van der Waals surface area contributed by atoms with Crippen LogP contribution in [0.15, 0.2) is 18.3 Å². The summed E-state index contributed by atoms with van der Waals surface area (Å²) >= 11 is 0. The minimum absolute atomic E-state index is 0.232. The summed E-state index contributed by atoms with van der Waals surface area (Å²) < 4.78 is 0. The Bertz CT molecular complexity index is 601. The van der Waals surface area contributed by atoms with E-state index in [9.17, 15) is 4.79 Å². The summed E-state index contributed by atoms with van der Waals surface area (Å²) in [6.45, 7) is 7.24. The van der Waals surface area contributed by atoms with E-state index in [4.69, 9.17) is 0 Å². The van der Waals surface area contributed by atoms with Crippen molar-refractivity contribution >= 4 is 11.7 Å². The molecule has 2 N–H and O–H groups in total. The van der Waals surface area contributed by atoms with Crippen molar-refractivity contribution in [2.24, 2.45) is 17.3 Å². The third-order valence-electron chi connectivity index (χ3n) is 6.49. The lowest BCUT2D eigenvalue weighted by Gasteiger charge is -2.31. The maximum absolute atomic E-state index is 12.4. The van der Waals surface area contributed by atoms with Crippen LogP contribution in [-0.4, -0.2) is 37.1 Å². The molecule has 1 saturated carbocycles. The first-order valence-electron chi connectivity index (χ1n) is 9.85. The molecule has 1 aromatic heterocycles. The number of nitrogens with zero attached hydrogens (tertiary/aromatic N) is 2. The standard InChI is InChI=1S/C20H30N4O/c1-15-4-10-24(11-5-15)18-3-2-16(13-22-18)14-23-19(25)17-12-20(17)6-8-21-9-7-20/h2-3,13,15,17,21H,4-12,14H2,1H3,(H,23,25). The maximum Gasteiger partial charge on any atom is 0.223 e. The van der Waals surface area contributed by atoms with E-state index in [-0.39, 0.29) is 11.8 Å². The number of anilines is 1. The Morgan fingerprint density at radius 3 is 2.76 bits per heavy atom. The number of hydrogen-bond acceptors (Lipinski definition) is 4. The van der Waals surface area contributed by atoms with Crippen molar-refractivity contribution in [3.63, 3.8) is 0 Å². The van der Waals surface area contributed by atoms with Gasteiger partial charge in [0.15, 0.2) is 0 Å². The molecule has 136 valence electrons. The van der Waals surface area contributed by atoms with Crippen LogP contribution in [0.4, 0.5) is 5.82 Å². The van der Waals surface area contributed by atoms with Crippen LogP contribution in [-0.2, 0) is 11.3 Å². The third-order valence-corrected chi connectivity index (χ3v) is 6.49. The lowest BCUT2D eigenvalue weighted by molar-refractivity contribution is -0.123. The van der Waals surface area contributed by atoms with Gasteiger partial charge in [-0.05, 0) is 68.2 Å². The van der Waals surface area contributed by atoms with Gasteiger partial charge < -0.3 is 15.5 Å². The number of pyridine rings is 1. The topological polar surface area (TPSA) is 57.3 Å². The first-order chi connectivity index (χ1) is 12.2. The van der Waals surface area contributed by atoms with Gasteiger partial charge in [0.1, 0.15) is 5.82 Å². The van der Waals surface area contributed by atoms with Crippen molar-refractivity contribution in [3.05, 3.63) is 23.9 Å². The summed E-state index contributed by atoms with van der Waals surface area (Å²) in [7, 11) is 0. The summed E-state index contributed by atoms with van der Waals surface area (Å²) in [5.41, 5.74) is 1.39. The molecule has 1 amide bonds. The summed E-state index contributed by atoms with van der Waals surface area (Å²) in [5, 5.41) is 6.51. The first-order valence-corrected chi connectivity index (χ1v) is 9.85. The van der Waals surface area contributed by atoms with Gasteiger partial charge in [-0.15, -0.1) is 0 Å². The van der Waals surface area contributed by atoms with E-state index in [0.717, 1.165) is 62.7 Å². The fourth-order valence-electron chi connectivity index (χ4n) is 4.45. The van der Waals surface area contributed by atoms with Gasteiger partial charge in [0.2, 0.25) is 5.91 Å². The zero-order valence-corrected chi connectivity index (χ0v) is 15.3. The predicted octanol–water partition coefficient (Wildman–Crippen LogP) is 2.32. The van der Waals surface area contributed by atoms with Crippen molar-refractivity contribution in [1.29, 1.82) is 0 Å². The molecular formula is C20H30N4O. The number of piperidine rings is 2. The van der Waals surface area contributed by atoms with Crippen LogP contribution < -0.4 is 15.5 Å². The van der Waals surface area contributed by atoms with E-state index in [1.165, 1.54) is 12.8 Å². The number of hydrogen-bond donors (Lipinski definition) is 2. The molecule has 5 heteroatoms. The number of amides is 1. The lowest BCUT2D eigenvalue weighted by atomic mass is 9.92. The van der Waals surface area contributed by atoms with Crippen molar-refractivity contribution in [2.75, 3.05) is 31.1 Å². The molecule has 2 aliphatic heterocycles. The second kappa shape index (κ2) is 6.94. The summed E-state index contributed by atoms with van der Waals surface area (Å²) in [4.78, 5) is 19.4. The second-order valence-corrected chi connectivity index (χ2v) is 8.28. The predicted molar refractivity (Wildman–Crippen MR) is 99.3 cm³/mol. The van der Waals surface area contributed by atoms with Crippen LogP contribution in [0, 0.1) is 17.3 Å². The highest BCUT2D eigenvalue weighted by Gasteiger charge is 2.57. The summed E-state index contributed by atoms with van der Waals surface area (Å²) in [6.07, 6.45) is 7.79. The van der Waals surface area contributed by atoms with Crippen molar-refractivity contribution in [3.8, 4) is 0 Å². The molecule has 2 saturated heterocycles. The van der Waals surface area contributed by atoms with Gasteiger partial charge in [0, 0.05) is 31.7 Å². The van der Waals surface area contributed by atoms with Gasteiger partial charge in [-0.25, -0.2) is 4.98 Å². The van der Waals surface area contributed by atoms with E-state index in [0.29, 0.717) is 12.0 Å². The Balaban J connectivity index is 1.26. The molecule has 1 aliphatic carbocycles. The Kier molecular flexibility index (Phi) is 4.67. The van der Waals surface area contributed by atoms with Crippen LogP contribution in [0.1, 0.15) is 44.6 Å². The minimum Gasteiger partial charge on any atom is -0.357 e. The fraction of sp³-hybridized carbons (Fsp3) is 0.700. The largest absolute Gasteiger partial charge is 0.357 e. The molecule has 0 radical (unpaired) electrons. The molecule has 0 aromatic carbocycles. The normalized spacial score (nSPS) is 25.8. The smallest absolute Gasteiger partial charge is 0.223 e. The van der Waals surface area contributed by atoms with Crippen molar-refractivity contribution < 1.29 is 4.79 Å². The van der Waals surface area contributed by atoms with Crippen LogP contribution in [0.5, 0.6) is 0 Å². The van der Waals surface area contributed by atoms with E-state index in [2.05, 4.69) is 39.6 Å². The van der Waals surface area contributed by atoms with Gasteiger partial charge in [-0.2, -0.15) is 0 Å². The van der Waals surface area contributed by atoms with Gasteiger partial charge in [-0.1, -0.05) is 13.0 Å². The van der Waals surface area contributed by atoms with Crippen LogP contribution >= 0.6 is 0 Å². The average molecular weight is 342 g/mol. The average Bonchev–Trinajstić information content (AvgIpc) is 3.34. The summed E-state index contributed by atoms with van der Waals surface area (Å²) in [6, 6.07) is 4.21. The number of nitrogens with one attached hydrogen (secondary N) is 2. The highest BCUT2D eigenvalue weighted by molar-refractivity contribution is 5.82. The third kappa shape index (κ3) is 3.66. The van der Waals surface area contributed by atoms with Crippen molar-refractivity contribution in [1.82, 2.24) is 15.6 Å². The Morgan fingerprint density at radius 2 is 2.08 bits per heavy atom. The molecule has 25 heavy (non-hydrogen) atoms. The van der Waals surface area contributed by atoms with Crippen LogP contribution in [0.3, 0.4) is 0 Å². The molecule has 3 aliphatic rings. The molecule has 1 spiro atoms. The molecule has 5 nitrogen and oxygen atoms in total. The van der Waals surface area contributed by atoms with E-state index >= 15 is 0 Å². The zero-order valence-electron chi connectivity index (χ0n) is 15.3. The molecule has 0 bridgehead atoms. The number of carbonyl (C=O) groups excluding carboxylic acids is 1. The molecule has 1 unspecified atom stereocenters. The van der Waals surface area contributed by atoms with E-state index in [1.807, 2.05) is 6.20 Å². The number of aromatic nitrogens is 1. The van der Waals surface area contributed by atoms with Gasteiger partial charge in [0.05, 0.1) is 0 Å². The second-order valence-electron chi connectivity index (χ2n) is 8.28. The number of rotatable bonds is 4. The van der Waals surface area contributed by atoms with Gasteiger partial charge >= 0.3 is 0 Å². The molecule has 4 rings (SSSR count). The Hall–Kier alpha value is -1.62. The first kappa shape index (κ1) is 16.8. The number of carbonyl (C=O) groups is 1. The lowest BCUT2D eigenvalue weighted by Crippen LogP contribution is -2.34. The Labute approximate surface area is 150 Å². The highest BCUT2D eigenvalue weighted by Crippen LogP contribution is 2.58. The SMILES string of the molecule is CC1CCN(c2ccc(CNC(=O)C3CC34CCNCC4)cn2)CC1. The monoisotopic (exact) mass is 342 g/mol. The zero-order chi connectivity index (χ0) is 17.3. The molecule has 1 atom stereocenters. The van der Waals surface area contributed by atoms with Gasteiger partial charge in [-0.3, -0.25) is 4.79 Å². The maximum atomic E-state index is 12.4. The Morgan fingerprint density at radius 1 is 1.32 bits per heavy atom. The van der Waals surface area contributed by atoms with Crippen LogP contribution in [0.2, 0.25) is 0 Å². The van der Waals surface area contributed by atoms with E-state index < -0.39 is 0 Å². The molecule has 3 heterocycles. The van der Waals surface area contributed by atoms with Crippen LogP contribution in [0.25, 0.3) is 0 Å². The van der Waals surface area contributed by atoms with E-state index in [1.54, 1.807) is 0 Å². The molecule has 3 fully saturated rings. The quantitative estimate of drug-likeness (QED) is 0.882.